The third-order valence-electron chi connectivity index (χ3n) is 6.31. The third kappa shape index (κ3) is 6.00. The van der Waals surface area contributed by atoms with E-state index in [9.17, 15) is 9.59 Å². The van der Waals surface area contributed by atoms with E-state index < -0.39 is 5.91 Å². The van der Waals surface area contributed by atoms with Crippen molar-refractivity contribution < 1.29 is 19.1 Å². The van der Waals surface area contributed by atoms with Crippen LogP contribution in [-0.4, -0.2) is 62.2 Å². The van der Waals surface area contributed by atoms with Gasteiger partial charge in [-0.15, -0.1) is 0 Å². The Morgan fingerprint density at radius 1 is 0.838 bits per heavy atom. The molecule has 4 rings (SSSR count). The minimum atomic E-state index is -0.429. The molecule has 9 heteroatoms. The summed E-state index contributed by atoms with van der Waals surface area (Å²) >= 11 is 5.34. The van der Waals surface area contributed by atoms with Crippen LogP contribution >= 0.6 is 12.2 Å². The first-order valence-corrected chi connectivity index (χ1v) is 12.4. The number of methoxy groups -OCH3 is 2. The van der Waals surface area contributed by atoms with Crippen molar-refractivity contribution in [3.05, 3.63) is 83.4 Å². The van der Waals surface area contributed by atoms with Crippen LogP contribution in [0.2, 0.25) is 0 Å². The largest absolute Gasteiger partial charge is 0.496 e. The summed E-state index contributed by atoms with van der Waals surface area (Å²) in [6.07, 6.45) is 0. The lowest BCUT2D eigenvalue weighted by Gasteiger charge is -2.36. The van der Waals surface area contributed by atoms with Gasteiger partial charge in [0.25, 0.3) is 11.8 Å². The quantitative estimate of drug-likeness (QED) is 0.476. The zero-order chi connectivity index (χ0) is 26.4. The Bertz CT molecular complexity index is 1270. The first-order valence-electron chi connectivity index (χ1n) is 11.9. The van der Waals surface area contributed by atoms with Crippen LogP contribution in [0.3, 0.4) is 0 Å². The van der Waals surface area contributed by atoms with Crippen LogP contribution in [0.25, 0.3) is 0 Å². The highest BCUT2D eigenvalue weighted by Crippen LogP contribution is 2.28. The van der Waals surface area contributed by atoms with Crippen molar-refractivity contribution in [2.24, 2.45) is 0 Å². The standard InChI is InChI=1S/C28H30N4O4S/c1-19-7-4-5-8-22(19)27(34)32-17-15-31(16-18-32)21-13-11-20(12-14-21)29-28(37)30-26(33)25-23(35-2)9-6-10-24(25)36-3/h4-14H,15-18H2,1-3H3,(H2,29,30,33,37). The molecule has 8 nitrogen and oxygen atoms in total. The molecule has 0 spiro atoms. The number of amides is 2. The molecule has 192 valence electrons. The average molecular weight is 519 g/mol. The summed E-state index contributed by atoms with van der Waals surface area (Å²) in [5, 5.41) is 5.88. The van der Waals surface area contributed by atoms with Crippen molar-refractivity contribution in [3.63, 3.8) is 0 Å². The molecule has 1 saturated heterocycles. The smallest absolute Gasteiger partial charge is 0.264 e. The zero-order valence-corrected chi connectivity index (χ0v) is 21.9. The van der Waals surface area contributed by atoms with Gasteiger partial charge in [0.05, 0.1) is 14.2 Å². The molecule has 1 fully saturated rings. The van der Waals surface area contributed by atoms with E-state index in [0.29, 0.717) is 24.6 Å². The van der Waals surface area contributed by atoms with Crippen LogP contribution in [0.5, 0.6) is 11.5 Å². The van der Waals surface area contributed by atoms with Crippen molar-refractivity contribution in [3.8, 4) is 11.5 Å². The van der Waals surface area contributed by atoms with Crippen LogP contribution in [-0.2, 0) is 0 Å². The molecule has 0 bridgehead atoms. The summed E-state index contributed by atoms with van der Waals surface area (Å²) in [7, 11) is 2.98. The molecular weight excluding hydrogens is 488 g/mol. The zero-order valence-electron chi connectivity index (χ0n) is 21.1. The summed E-state index contributed by atoms with van der Waals surface area (Å²) < 4.78 is 10.6. The number of aryl methyl sites for hydroxylation is 1. The monoisotopic (exact) mass is 518 g/mol. The van der Waals surface area contributed by atoms with Gasteiger partial charge in [-0.05, 0) is 67.2 Å². The molecule has 2 N–H and O–H groups in total. The number of nitrogens with one attached hydrogen (secondary N) is 2. The lowest BCUT2D eigenvalue weighted by Crippen LogP contribution is -2.48. The Hall–Kier alpha value is -4.11. The van der Waals surface area contributed by atoms with Gasteiger partial charge in [-0.1, -0.05) is 24.3 Å². The number of anilines is 2. The highest BCUT2D eigenvalue weighted by Gasteiger charge is 2.23. The normalized spacial score (nSPS) is 13.1. The molecule has 1 aliphatic heterocycles. The van der Waals surface area contributed by atoms with E-state index in [1.165, 1.54) is 14.2 Å². The fourth-order valence-electron chi connectivity index (χ4n) is 4.31. The van der Waals surface area contributed by atoms with Crippen molar-refractivity contribution in [1.82, 2.24) is 10.2 Å². The molecule has 3 aromatic carbocycles. The van der Waals surface area contributed by atoms with E-state index in [4.69, 9.17) is 21.7 Å². The van der Waals surface area contributed by atoms with E-state index in [1.54, 1.807) is 18.2 Å². The molecule has 0 atom stereocenters. The van der Waals surface area contributed by atoms with Gasteiger partial charge in [-0.25, -0.2) is 0 Å². The molecule has 0 aliphatic carbocycles. The maximum atomic E-state index is 12.9. The topological polar surface area (TPSA) is 83.1 Å². The summed E-state index contributed by atoms with van der Waals surface area (Å²) in [6.45, 7) is 4.79. The van der Waals surface area contributed by atoms with Crippen molar-refractivity contribution in [2.45, 2.75) is 6.92 Å². The lowest BCUT2D eigenvalue weighted by atomic mass is 10.1. The minimum Gasteiger partial charge on any atom is -0.496 e. The second kappa shape index (κ2) is 11.7. The van der Waals surface area contributed by atoms with Crippen molar-refractivity contribution in [2.75, 3.05) is 50.6 Å². The Balaban J connectivity index is 1.32. The van der Waals surface area contributed by atoms with Crippen LogP contribution < -0.4 is 25.0 Å². The molecule has 0 unspecified atom stereocenters. The second-order valence-electron chi connectivity index (χ2n) is 8.59. The van der Waals surface area contributed by atoms with Gasteiger partial charge in [0.1, 0.15) is 17.1 Å². The number of hydrogen-bond donors (Lipinski definition) is 2. The fourth-order valence-corrected chi connectivity index (χ4v) is 4.52. The summed E-state index contributed by atoms with van der Waals surface area (Å²) in [5.74, 6) is 0.439. The maximum absolute atomic E-state index is 12.9. The number of rotatable bonds is 6. The maximum Gasteiger partial charge on any atom is 0.264 e. The number of hydrogen-bond acceptors (Lipinski definition) is 6. The molecule has 3 aromatic rings. The van der Waals surface area contributed by atoms with Gasteiger partial charge in [0.15, 0.2) is 5.11 Å². The van der Waals surface area contributed by atoms with Gasteiger partial charge < -0.3 is 24.6 Å². The van der Waals surface area contributed by atoms with Crippen LogP contribution in [0.4, 0.5) is 11.4 Å². The van der Waals surface area contributed by atoms with E-state index >= 15 is 0 Å². The van der Waals surface area contributed by atoms with Gasteiger partial charge in [0, 0.05) is 43.1 Å². The number of nitrogens with zero attached hydrogens (tertiary/aromatic N) is 2. The molecular formula is C28H30N4O4S. The van der Waals surface area contributed by atoms with Crippen LogP contribution in [0.15, 0.2) is 66.7 Å². The Morgan fingerprint density at radius 2 is 1.46 bits per heavy atom. The molecule has 1 aliphatic rings. The summed E-state index contributed by atoms with van der Waals surface area (Å²) in [5.41, 5.74) is 3.83. The third-order valence-corrected chi connectivity index (χ3v) is 6.52. The Morgan fingerprint density at radius 3 is 2.05 bits per heavy atom. The molecule has 0 saturated carbocycles. The minimum absolute atomic E-state index is 0.0820. The van der Waals surface area contributed by atoms with Gasteiger partial charge in [-0.3, -0.25) is 14.9 Å². The highest BCUT2D eigenvalue weighted by molar-refractivity contribution is 7.80. The summed E-state index contributed by atoms with van der Waals surface area (Å²) in [4.78, 5) is 29.9. The van der Waals surface area contributed by atoms with Crippen molar-refractivity contribution in [1.29, 1.82) is 0 Å². The second-order valence-corrected chi connectivity index (χ2v) is 9.00. The molecule has 2 amide bonds. The predicted octanol–water partition coefficient (Wildman–Crippen LogP) is 4.10. The van der Waals surface area contributed by atoms with Gasteiger partial charge >= 0.3 is 0 Å². The van der Waals surface area contributed by atoms with E-state index in [1.807, 2.05) is 60.4 Å². The molecule has 0 radical (unpaired) electrons. The average Bonchev–Trinajstić information content (AvgIpc) is 2.92. The highest BCUT2D eigenvalue weighted by atomic mass is 32.1. The molecule has 0 aromatic heterocycles. The number of carbonyl (C=O) groups is 2. The lowest BCUT2D eigenvalue weighted by molar-refractivity contribution is 0.0745. The fraction of sp³-hybridized carbons (Fsp3) is 0.250. The first-order chi connectivity index (χ1) is 17.9. The van der Waals surface area contributed by atoms with Gasteiger partial charge in [0.2, 0.25) is 0 Å². The Labute approximate surface area is 222 Å². The van der Waals surface area contributed by atoms with Gasteiger partial charge in [-0.2, -0.15) is 0 Å². The van der Waals surface area contributed by atoms with Crippen molar-refractivity contribution >= 4 is 40.5 Å². The Kier molecular flexibility index (Phi) is 8.25. The van der Waals surface area contributed by atoms with E-state index in [-0.39, 0.29) is 16.6 Å². The number of piperazine rings is 1. The first kappa shape index (κ1) is 26.0. The number of thiocarbonyl (C=S) groups is 1. The van der Waals surface area contributed by atoms with Crippen LogP contribution in [0, 0.1) is 6.92 Å². The molecule has 37 heavy (non-hydrogen) atoms. The SMILES string of the molecule is COc1cccc(OC)c1C(=O)NC(=S)Nc1ccc(N2CCN(C(=O)c3ccccc3C)CC2)cc1. The van der Waals surface area contributed by atoms with Crippen LogP contribution in [0.1, 0.15) is 26.3 Å². The molecule has 1 heterocycles. The number of ether oxygens (including phenoxy) is 2. The van der Waals surface area contributed by atoms with E-state index in [0.717, 1.165) is 35.6 Å². The number of carbonyl (C=O) groups excluding carboxylic acids is 2. The van der Waals surface area contributed by atoms with E-state index in [2.05, 4.69) is 15.5 Å². The predicted molar refractivity (Wildman–Crippen MR) is 149 cm³/mol. The number of benzene rings is 3. The summed E-state index contributed by atoms with van der Waals surface area (Å²) in [6, 6.07) is 20.6.